The van der Waals surface area contributed by atoms with Gasteiger partial charge in [-0.15, -0.1) is 0 Å². The van der Waals surface area contributed by atoms with Gasteiger partial charge in [0.25, 0.3) is 0 Å². The van der Waals surface area contributed by atoms with Gasteiger partial charge in [-0.25, -0.2) is 0 Å². The largest absolute Gasteiger partial charge is 0 e. The van der Waals surface area contributed by atoms with Crippen LogP contribution in [-0.2, 0) is 19.5 Å². The van der Waals surface area contributed by atoms with Crippen LogP contribution in [0.1, 0.15) is 0 Å². The van der Waals surface area contributed by atoms with Crippen LogP contribution in [0.15, 0.2) is 0 Å². The molecule has 0 saturated heterocycles. The zero-order chi connectivity index (χ0) is 0. The summed E-state index contributed by atoms with van der Waals surface area (Å²) in [6.45, 7) is 0. The minimum Gasteiger partial charge on any atom is 0 e. The smallest absolute Gasteiger partial charge is 0 e. The molecule has 0 atom stereocenters. The Morgan fingerprint density at radius 2 is 1.00 bits per heavy atom. The molecule has 0 saturated carbocycles. The quantitative estimate of drug-likeness (QED) is 0.396. The van der Waals surface area contributed by atoms with Gasteiger partial charge in [0.1, 0.15) is 0 Å². The van der Waals surface area contributed by atoms with Gasteiger partial charge >= 0.3 is 0 Å². The minimum atomic E-state index is 0. The third-order valence-electron chi connectivity index (χ3n) is 0. The summed E-state index contributed by atoms with van der Waals surface area (Å²) in [5.41, 5.74) is 0. The van der Waals surface area contributed by atoms with Gasteiger partial charge in [-0.2, -0.15) is 0 Å². The first-order valence-corrected chi connectivity index (χ1v) is 0. The van der Waals surface area contributed by atoms with Gasteiger partial charge < -0.3 is 0 Å². The van der Waals surface area contributed by atoms with Crippen LogP contribution in [0.3, 0.4) is 0 Å². The van der Waals surface area contributed by atoms with Crippen LogP contribution in [0.4, 0.5) is 0 Å². The molecule has 5 heteroatoms. The molecule has 0 nitrogen and oxygen atoms in total. The van der Waals surface area contributed by atoms with Crippen LogP contribution in [-0.4, -0.2) is 121 Å². The van der Waals surface area contributed by atoms with E-state index < -0.39 is 0 Å². The van der Waals surface area contributed by atoms with Crippen molar-refractivity contribution in [3.05, 3.63) is 0 Å². The summed E-state index contributed by atoms with van der Waals surface area (Å²) < 4.78 is 0. The normalized spacial score (nSPS) is 0. The van der Waals surface area contributed by atoms with E-state index in [1.54, 1.807) is 0 Å². The van der Waals surface area contributed by atoms with Gasteiger partial charge in [-0.05, 0) is 0 Å². The molecule has 0 amide bonds. The van der Waals surface area contributed by atoms with E-state index in [0.717, 1.165) is 0 Å². The Hall–Kier alpha value is 4.35. The van der Waals surface area contributed by atoms with Crippen molar-refractivity contribution in [2.45, 2.75) is 0 Å². The zero-order valence-corrected chi connectivity index (χ0v) is 13.4. The Kier molecular flexibility index (Phi) is 164. The van der Waals surface area contributed by atoms with Gasteiger partial charge in [0.2, 0.25) is 0 Å². The molecule has 0 spiro atoms. The Bertz CT molecular complexity index is 11.6. The van der Waals surface area contributed by atoms with Crippen LogP contribution >= 0.6 is 0 Å². The van der Waals surface area contributed by atoms with Crippen LogP contribution in [0.25, 0.3) is 0 Å². The van der Waals surface area contributed by atoms with Gasteiger partial charge in [-0.3, -0.25) is 0 Å². The monoisotopic (exact) mass is 178 g/mol. The van der Waals surface area contributed by atoms with E-state index in [2.05, 4.69) is 0 Å². The van der Waals surface area contributed by atoms with Gasteiger partial charge in [0.05, 0.1) is 0 Å². The van der Waals surface area contributed by atoms with Crippen molar-refractivity contribution >= 4 is 121 Å². The maximum absolute atomic E-state index is 0. The molecule has 0 fully saturated rings. The van der Waals surface area contributed by atoms with Crippen molar-refractivity contribution in [1.29, 1.82) is 0 Å². The fraction of sp³-hybridized carbons (Fsp3) is 0. The molecule has 0 aromatic rings. The molecular formula is BCaKMgZn. The Labute approximate surface area is 136 Å². The van der Waals surface area contributed by atoms with E-state index in [1.165, 1.54) is 0 Å². The molecule has 0 aliphatic carbocycles. The predicted octanol–water partition coefficient (Wildman–Crippen LogP) is -1.53. The predicted molar refractivity (Wildman–Crippen MR) is 23.0 cm³/mol. The van der Waals surface area contributed by atoms with E-state index in [4.69, 9.17) is 0 Å². The van der Waals surface area contributed by atoms with E-state index in [1.807, 2.05) is 0 Å². The average Bonchev–Trinajstić information content (AvgIpc) is 0. The maximum Gasteiger partial charge on any atom is 0 e. The van der Waals surface area contributed by atoms with Crippen molar-refractivity contribution < 1.29 is 19.5 Å². The third-order valence-corrected chi connectivity index (χ3v) is 0. The van der Waals surface area contributed by atoms with Crippen LogP contribution in [0.5, 0.6) is 0 Å². The van der Waals surface area contributed by atoms with E-state index >= 15 is 0 Å². The number of rotatable bonds is 0. The standard InChI is InChI=1S/B.Ca.K.Mg.Zn. The van der Waals surface area contributed by atoms with Crippen LogP contribution in [0, 0.1) is 0 Å². The van der Waals surface area contributed by atoms with Crippen LogP contribution in [0.2, 0.25) is 0 Å². The molecule has 0 N–H and O–H groups in total. The molecule has 8 radical (unpaired) electrons. The molecule has 0 heterocycles. The summed E-state index contributed by atoms with van der Waals surface area (Å²) in [6, 6.07) is 0. The molecule has 0 unspecified atom stereocenters. The van der Waals surface area contributed by atoms with E-state index in [-0.39, 0.29) is 140 Å². The molecular weight excluding hydrogens is 180 g/mol. The molecule has 0 aliphatic rings. The summed E-state index contributed by atoms with van der Waals surface area (Å²) in [6.07, 6.45) is 0. The fourth-order valence-electron chi connectivity index (χ4n) is 0. The van der Waals surface area contributed by atoms with Gasteiger partial charge in [0.15, 0.2) is 0 Å². The topological polar surface area (TPSA) is 0 Å². The maximum atomic E-state index is 0. The Balaban J connectivity index is 0. The SMILES string of the molecule is [B].[Ca].[K].[Mg].[Zn]. The fourth-order valence-corrected chi connectivity index (χ4v) is 0. The molecule has 0 aromatic heterocycles. The Morgan fingerprint density at radius 3 is 1.00 bits per heavy atom. The second kappa shape index (κ2) is 23.8. The van der Waals surface area contributed by atoms with E-state index in [0.29, 0.717) is 0 Å². The first-order chi connectivity index (χ1) is 0. The van der Waals surface area contributed by atoms with Crippen molar-refractivity contribution in [3.8, 4) is 0 Å². The minimum absolute atomic E-state index is 0. The average molecular weight is 180 g/mol. The molecule has 5 heavy (non-hydrogen) atoms. The van der Waals surface area contributed by atoms with E-state index in [9.17, 15) is 0 Å². The van der Waals surface area contributed by atoms with Crippen LogP contribution < -0.4 is 0 Å². The number of hydrogen-bond acceptors (Lipinski definition) is 0. The zero-order valence-electron chi connectivity index (χ0n) is 3.70. The summed E-state index contributed by atoms with van der Waals surface area (Å²) in [5, 5.41) is 0. The molecule has 0 rings (SSSR count). The van der Waals surface area contributed by atoms with Crippen molar-refractivity contribution in [2.75, 3.05) is 0 Å². The molecule has 0 aromatic carbocycles. The second-order valence-corrected chi connectivity index (χ2v) is 0. The first-order valence-electron chi connectivity index (χ1n) is 0. The summed E-state index contributed by atoms with van der Waals surface area (Å²) in [7, 11) is 0. The second-order valence-electron chi connectivity index (χ2n) is 0. The Morgan fingerprint density at radius 1 is 1.00 bits per heavy atom. The van der Waals surface area contributed by atoms with Crippen molar-refractivity contribution in [3.63, 3.8) is 0 Å². The third kappa shape index (κ3) is 17.8. The van der Waals surface area contributed by atoms with Gasteiger partial charge in [0, 0.05) is 140 Å². The van der Waals surface area contributed by atoms with Crippen molar-refractivity contribution in [2.24, 2.45) is 0 Å². The van der Waals surface area contributed by atoms with Crippen molar-refractivity contribution in [1.82, 2.24) is 0 Å². The molecule has 10 valence electrons. The number of hydrogen-bond donors (Lipinski definition) is 0. The first kappa shape index (κ1) is 34.4. The summed E-state index contributed by atoms with van der Waals surface area (Å²) in [5.74, 6) is 0. The molecule has 0 aliphatic heterocycles. The summed E-state index contributed by atoms with van der Waals surface area (Å²) in [4.78, 5) is 0. The summed E-state index contributed by atoms with van der Waals surface area (Å²) >= 11 is 0. The van der Waals surface area contributed by atoms with Gasteiger partial charge in [-0.1, -0.05) is 0 Å². The molecule has 0 bridgehead atoms.